The van der Waals surface area contributed by atoms with Crippen molar-refractivity contribution in [1.82, 2.24) is 10.1 Å². The van der Waals surface area contributed by atoms with Crippen molar-refractivity contribution in [2.75, 3.05) is 0 Å². The van der Waals surface area contributed by atoms with Gasteiger partial charge in [0.1, 0.15) is 11.6 Å². The average Bonchev–Trinajstić information content (AvgIpc) is 3.44. The monoisotopic (exact) mass is 424 g/mol. The number of nitrogens with zero attached hydrogens (tertiary/aromatic N) is 2. The Balaban J connectivity index is 1.49. The normalized spacial score (nSPS) is 11.5. The molecule has 4 rings (SSSR count). The molecule has 5 nitrogen and oxygen atoms in total. The number of thiophene rings is 1. The van der Waals surface area contributed by atoms with Gasteiger partial charge in [-0.25, -0.2) is 13.6 Å². The SMILES string of the molecule is O=C(OCc1nc(-c2ccc(F)cc2)no1)/C(=C/c1ccc(F)cc1)c1cccs1. The van der Waals surface area contributed by atoms with E-state index in [4.69, 9.17) is 9.26 Å². The van der Waals surface area contributed by atoms with Crippen molar-refractivity contribution in [3.8, 4) is 11.4 Å². The Labute approximate surface area is 174 Å². The highest BCUT2D eigenvalue weighted by Crippen LogP contribution is 2.25. The molecule has 2 aromatic carbocycles. The van der Waals surface area contributed by atoms with Crippen LogP contribution >= 0.6 is 11.3 Å². The minimum absolute atomic E-state index is 0.106. The van der Waals surface area contributed by atoms with E-state index in [-0.39, 0.29) is 30.0 Å². The summed E-state index contributed by atoms with van der Waals surface area (Å²) in [5.74, 6) is -0.939. The summed E-state index contributed by atoms with van der Waals surface area (Å²) in [5, 5.41) is 5.66. The molecule has 2 heterocycles. The summed E-state index contributed by atoms with van der Waals surface area (Å²) in [6, 6.07) is 15.0. The zero-order valence-electron chi connectivity index (χ0n) is 15.4. The fraction of sp³-hybridized carbons (Fsp3) is 0.0455. The molecule has 0 amide bonds. The molecule has 0 radical (unpaired) electrons. The fourth-order valence-corrected chi connectivity index (χ4v) is 3.35. The highest BCUT2D eigenvalue weighted by atomic mass is 32.1. The number of rotatable bonds is 6. The van der Waals surface area contributed by atoms with Crippen LogP contribution < -0.4 is 0 Å². The highest BCUT2D eigenvalue weighted by Gasteiger charge is 2.17. The molecule has 8 heteroatoms. The van der Waals surface area contributed by atoms with E-state index in [9.17, 15) is 13.6 Å². The van der Waals surface area contributed by atoms with Gasteiger partial charge in [0.2, 0.25) is 5.82 Å². The number of aromatic nitrogens is 2. The first-order valence-corrected chi connectivity index (χ1v) is 9.73. The number of esters is 1. The molecule has 0 bridgehead atoms. The van der Waals surface area contributed by atoms with Gasteiger partial charge in [0.15, 0.2) is 6.61 Å². The van der Waals surface area contributed by atoms with Crippen LogP contribution in [0.4, 0.5) is 8.78 Å². The predicted octanol–water partition coefficient (Wildman–Crippen LogP) is 5.36. The summed E-state index contributed by atoms with van der Waals surface area (Å²) < 4.78 is 36.7. The van der Waals surface area contributed by atoms with E-state index < -0.39 is 5.97 Å². The third-order valence-corrected chi connectivity index (χ3v) is 4.99. The van der Waals surface area contributed by atoms with Gasteiger partial charge < -0.3 is 9.26 Å². The molecule has 0 fully saturated rings. The van der Waals surface area contributed by atoms with Gasteiger partial charge in [-0.2, -0.15) is 4.98 Å². The molecular formula is C22H14F2N2O3S. The Morgan fingerprint density at radius 3 is 2.40 bits per heavy atom. The van der Waals surface area contributed by atoms with Gasteiger partial charge in [-0.3, -0.25) is 0 Å². The smallest absolute Gasteiger partial charge is 0.340 e. The number of carbonyl (C=O) groups is 1. The topological polar surface area (TPSA) is 65.2 Å². The zero-order chi connectivity index (χ0) is 20.9. The summed E-state index contributed by atoms with van der Waals surface area (Å²) in [4.78, 5) is 17.6. The maximum absolute atomic E-state index is 13.2. The van der Waals surface area contributed by atoms with Crippen molar-refractivity contribution in [1.29, 1.82) is 0 Å². The molecule has 0 aliphatic carbocycles. The standard InChI is InChI=1S/C22H14F2N2O3S/c23-16-7-3-14(4-8-16)12-18(19-2-1-11-30-19)22(27)28-13-20-25-21(26-29-20)15-5-9-17(24)10-6-15/h1-12H,13H2/b18-12+. The van der Waals surface area contributed by atoms with E-state index in [2.05, 4.69) is 10.1 Å². The quantitative estimate of drug-likeness (QED) is 0.308. The van der Waals surface area contributed by atoms with E-state index in [0.717, 1.165) is 0 Å². The number of halogens is 2. The van der Waals surface area contributed by atoms with Gasteiger partial charge in [-0.05, 0) is 59.5 Å². The minimum Gasteiger partial charge on any atom is -0.452 e. The molecule has 0 N–H and O–H groups in total. The average molecular weight is 424 g/mol. The van der Waals surface area contributed by atoms with Crippen molar-refractivity contribution in [3.63, 3.8) is 0 Å². The third-order valence-electron chi connectivity index (χ3n) is 4.08. The molecular weight excluding hydrogens is 410 g/mol. The second-order valence-electron chi connectivity index (χ2n) is 6.18. The van der Waals surface area contributed by atoms with Gasteiger partial charge in [0.05, 0.1) is 5.57 Å². The molecule has 0 unspecified atom stereocenters. The number of carbonyl (C=O) groups excluding carboxylic acids is 1. The molecule has 0 saturated heterocycles. The Bertz CT molecular complexity index is 1170. The molecule has 0 spiro atoms. The largest absolute Gasteiger partial charge is 0.452 e. The second-order valence-corrected chi connectivity index (χ2v) is 7.13. The summed E-state index contributed by atoms with van der Waals surface area (Å²) in [7, 11) is 0. The van der Waals surface area contributed by atoms with Gasteiger partial charge in [0.25, 0.3) is 5.89 Å². The van der Waals surface area contributed by atoms with Crippen molar-refractivity contribution in [2.45, 2.75) is 6.61 Å². The lowest BCUT2D eigenvalue weighted by atomic mass is 10.1. The fourth-order valence-electron chi connectivity index (χ4n) is 2.62. The molecule has 150 valence electrons. The minimum atomic E-state index is -0.580. The summed E-state index contributed by atoms with van der Waals surface area (Å²) >= 11 is 1.38. The lowest BCUT2D eigenvalue weighted by Crippen LogP contribution is -2.07. The van der Waals surface area contributed by atoms with Gasteiger partial charge in [-0.15, -0.1) is 11.3 Å². The Morgan fingerprint density at radius 1 is 1.03 bits per heavy atom. The first kappa shape index (κ1) is 19.7. The number of hydrogen-bond acceptors (Lipinski definition) is 6. The molecule has 2 aromatic heterocycles. The van der Waals surface area contributed by atoms with Crippen LogP contribution in [-0.4, -0.2) is 16.1 Å². The Morgan fingerprint density at radius 2 is 1.73 bits per heavy atom. The van der Waals surface area contributed by atoms with Crippen LogP contribution in [0.5, 0.6) is 0 Å². The third kappa shape index (κ3) is 4.66. The van der Waals surface area contributed by atoms with E-state index in [1.807, 2.05) is 11.4 Å². The Hall–Kier alpha value is -3.65. The van der Waals surface area contributed by atoms with Crippen molar-refractivity contribution in [2.24, 2.45) is 0 Å². The van der Waals surface area contributed by atoms with Gasteiger partial charge in [0, 0.05) is 10.4 Å². The van der Waals surface area contributed by atoms with Crippen molar-refractivity contribution in [3.05, 3.63) is 94.0 Å². The molecule has 0 saturated carbocycles. The Kier molecular flexibility index (Phi) is 5.76. The lowest BCUT2D eigenvalue weighted by Gasteiger charge is -2.06. The highest BCUT2D eigenvalue weighted by molar-refractivity contribution is 7.11. The molecule has 4 aromatic rings. The van der Waals surface area contributed by atoms with Crippen LogP contribution in [0.15, 0.2) is 70.6 Å². The van der Waals surface area contributed by atoms with Crippen LogP contribution in [0.1, 0.15) is 16.3 Å². The van der Waals surface area contributed by atoms with Crippen LogP contribution in [0.2, 0.25) is 0 Å². The van der Waals surface area contributed by atoms with Crippen molar-refractivity contribution < 1.29 is 22.8 Å². The number of benzene rings is 2. The maximum Gasteiger partial charge on any atom is 0.340 e. The van der Waals surface area contributed by atoms with E-state index >= 15 is 0 Å². The van der Waals surface area contributed by atoms with E-state index in [0.29, 0.717) is 21.6 Å². The number of ether oxygens (including phenoxy) is 1. The summed E-state index contributed by atoms with van der Waals surface area (Å²) in [5.41, 5.74) is 1.57. The zero-order valence-corrected chi connectivity index (χ0v) is 16.2. The second kappa shape index (κ2) is 8.79. The lowest BCUT2D eigenvalue weighted by molar-refractivity contribution is -0.138. The van der Waals surface area contributed by atoms with Crippen LogP contribution in [0.25, 0.3) is 23.0 Å². The van der Waals surface area contributed by atoms with E-state index in [1.165, 1.54) is 47.7 Å². The van der Waals surface area contributed by atoms with Crippen molar-refractivity contribution >= 4 is 29.0 Å². The van der Waals surface area contributed by atoms with Crippen LogP contribution in [0, 0.1) is 11.6 Å². The number of hydrogen-bond donors (Lipinski definition) is 0. The molecule has 0 aliphatic rings. The maximum atomic E-state index is 13.2. The first-order valence-electron chi connectivity index (χ1n) is 8.85. The summed E-state index contributed by atoms with van der Waals surface area (Å²) in [6.45, 7) is -0.223. The predicted molar refractivity (Wildman–Crippen MR) is 108 cm³/mol. The first-order chi connectivity index (χ1) is 14.6. The van der Waals surface area contributed by atoms with E-state index in [1.54, 1.807) is 24.3 Å². The van der Waals surface area contributed by atoms with Crippen LogP contribution in [-0.2, 0) is 16.1 Å². The molecule has 0 aliphatic heterocycles. The molecule has 30 heavy (non-hydrogen) atoms. The van der Waals surface area contributed by atoms with Gasteiger partial charge >= 0.3 is 5.97 Å². The van der Waals surface area contributed by atoms with Gasteiger partial charge in [-0.1, -0.05) is 23.4 Å². The molecule has 0 atom stereocenters. The van der Waals surface area contributed by atoms with Crippen LogP contribution in [0.3, 0.4) is 0 Å². The summed E-state index contributed by atoms with van der Waals surface area (Å²) in [6.07, 6.45) is 1.63.